The topological polar surface area (TPSA) is 128 Å². The minimum Gasteiger partial charge on any atom is -0.503 e. The van der Waals surface area contributed by atoms with Gasteiger partial charge in [-0.05, 0) is 50.1 Å². The molecule has 0 bridgehead atoms. The highest BCUT2D eigenvalue weighted by molar-refractivity contribution is 7.17. The van der Waals surface area contributed by atoms with Crippen LogP contribution in [-0.4, -0.2) is 47.6 Å². The summed E-state index contributed by atoms with van der Waals surface area (Å²) in [5.41, 5.74) is 0.611. The zero-order valence-electron chi connectivity index (χ0n) is 23.2. The smallest absolute Gasteiger partial charge is 0.350 e. The fraction of sp³-hybridized carbons (Fsp3) is 0.333. The molecule has 1 aromatic carbocycles. The number of ketones is 1. The van der Waals surface area contributed by atoms with Gasteiger partial charge in [-0.15, -0.1) is 0 Å². The lowest BCUT2D eigenvalue weighted by molar-refractivity contribution is -0.117. The Balaban J connectivity index is 1.80. The average molecular weight is 581 g/mol. The van der Waals surface area contributed by atoms with Crippen molar-refractivity contribution >= 4 is 34.1 Å². The van der Waals surface area contributed by atoms with Crippen molar-refractivity contribution in [1.82, 2.24) is 4.98 Å². The summed E-state index contributed by atoms with van der Waals surface area (Å²) >= 11 is 0.921. The summed E-state index contributed by atoms with van der Waals surface area (Å²) in [6.07, 6.45) is 5.74. The van der Waals surface area contributed by atoms with Crippen molar-refractivity contribution in [3.63, 3.8) is 0 Å². The minimum absolute atomic E-state index is 0.00792. The van der Waals surface area contributed by atoms with Gasteiger partial charge in [0.15, 0.2) is 28.1 Å². The Morgan fingerprint density at radius 1 is 1.20 bits per heavy atom. The van der Waals surface area contributed by atoms with Crippen molar-refractivity contribution in [2.24, 2.45) is 0 Å². The number of ether oxygens (including phenoxy) is 3. The lowest BCUT2D eigenvalue weighted by Crippen LogP contribution is -2.31. The molecule has 0 saturated carbocycles. The Morgan fingerprint density at radius 3 is 2.68 bits per heavy atom. The lowest BCUT2D eigenvalue weighted by Gasteiger charge is -2.25. The number of carbonyl (C=O) groups is 3. The maximum Gasteiger partial charge on any atom is 0.350 e. The number of unbranched alkanes of at least 4 members (excludes halogenated alkanes) is 2. The highest BCUT2D eigenvalue weighted by atomic mass is 32.1. The summed E-state index contributed by atoms with van der Waals surface area (Å²) in [7, 11) is 0. The van der Waals surface area contributed by atoms with Crippen LogP contribution in [0.5, 0.6) is 11.5 Å². The number of carbonyl (C=O) groups excluding carboxylic acids is 3. The van der Waals surface area contributed by atoms with Gasteiger partial charge in [-0.1, -0.05) is 49.8 Å². The summed E-state index contributed by atoms with van der Waals surface area (Å²) in [6, 6.07) is 6.99. The largest absolute Gasteiger partial charge is 0.503 e. The van der Waals surface area contributed by atoms with Gasteiger partial charge in [0.25, 0.3) is 5.91 Å². The van der Waals surface area contributed by atoms with E-state index in [1.807, 2.05) is 6.92 Å². The van der Waals surface area contributed by atoms with Gasteiger partial charge in [0, 0.05) is 0 Å². The van der Waals surface area contributed by atoms with Gasteiger partial charge in [0.2, 0.25) is 5.78 Å². The first-order chi connectivity index (χ1) is 19.8. The van der Waals surface area contributed by atoms with Crippen LogP contribution in [0.1, 0.15) is 70.6 Å². The quantitative estimate of drug-likeness (QED) is 0.103. The number of aromatic nitrogens is 1. The van der Waals surface area contributed by atoms with Crippen molar-refractivity contribution in [3.8, 4) is 11.5 Å². The molecule has 2 aromatic heterocycles. The molecule has 0 fully saturated rings. The molecule has 0 aliphatic carbocycles. The maximum atomic E-state index is 13.6. The van der Waals surface area contributed by atoms with Gasteiger partial charge < -0.3 is 23.7 Å². The number of benzene rings is 1. The Kier molecular flexibility index (Phi) is 9.61. The van der Waals surface area contributed by atoms with E-state index < -0.39 is 29.5 Å². The Labute approximate surface area is 241 Å². The fourth-order valence-corrected chi connectivity index (χ4v) is 5.37. The van der Waals surface area contributed by atoms with Gasteiger partial charge in [-0.3, -0.25) is 14.5 Å². The molecule has 1 aliphatic heterocycles. The van der Waals surface area contributed by atoms with Crippen LogP contribution in [-0.2, 0) is 9.53 Å². The number of hydrogen-bond donors (Lipinski definition) is 1. The molecular formula is C30H32N2O8S. The second-order valence-corrected chi connectivity index (χ2v) is 10.1. The number of amides is 1. The van der Waals surface area contributed by atoms with Gasteiger partial charge in [0.1, 0.15) is 11.5 Å². The summed E-state index contributed by atoms with van der Waals surface area (Å²) < 4.78 is 22.3. The molecular weight excluding hydrogens is 548 g/mol. The number of rotatable bonds is 14. The van der Waals surface area contributed by atoms with Gasteiger partial charge in [-0.25, -0.2) is 9.78 Å². The minimum atomic E-state index is -1.10. The van der Waals surface area contributed by atoms with Gasteiger partial charge in [-0.2, -0.15) is 0 Å². The van der Waals surface area contributed by atoms with Crippen molar-refractivity contribution < 1.29 is 38.1 Å². The molecule has 1 unspecified atom stereocenters. The average Bonchev–Trinajstić information content (AvgIpc) is 3.69. The summed E-state index contributed by atoms with van der Waals surface area (Å²) in [4.78, 5) is 45.5. The molecule has 216 valence electrons. The molecule has 10 nitrogen and oxygen atoms in total. The van der Waals surface area contributed by atoms with E-state index in [-0.39, 0.29) is 27.9 Å². The van der Waals surface area contributed by atoms with Crippen LogP contribution in [0.25, 0.3) is 0 Å². The molecule has 0 spiro atoms. The first kappa shape index (κ1) is 29.6. The first-order valence-electron chi connectivity index (χ1n) is 13.3. The van der Waals surface area contributed by atoms with Crippen LogP contribution in [0.3, 0.4) is 0 Å². The SMILES string of the molecule is C=CCOC(=O)c1sc(N2C(=O)C(O)=C(C(=O)c3ccco3)C2c2ccc(OCCCCC)c(OCC)c2)nc1C. The number of aryl methyl sites for hydroxylation is 1. The third kappa shape index (κ3) is 6.19. The zero-order valence-corrected chi connectivity index (χ0v) is 24.0. The molecule has 1 N–H and O–H groups in total. The molecule has 0 saturated heterocycles. The van der Waals surface area contributed by atoms with Crippen molar-refractivity contribution in [1.29, 1.82) is 0 Å². The van der Waals surface area contributed by atoms with Gasteiger partial charge >= 0.3 is 5.97 Å². The third-order valence-electron chi connectivity index (χ3n) is 6.30. The molecule has 3 aromatic rings. The van der Waals surface area contributed by atoms with E-state index in [0.29, 0.717) is 36.0 Å². The second kappa shape index (κ2) is 13.3. The van der Waals surface area contributed by atoms with E-state index in [2.05, 4.69) is 18.5 Å². The number of nitrogens with zero attached hydrogens (tertiary/aromatic N) is 2. The zero-order chi connectivity index (χ0) is 29.5. The monoisotopic (exact) mass is 580 g/mol. The van der Waals surface area contributed by atoms with E-state index in [1.54, 1.807) is 25.1 Å². The first-order valence-corrected chi connectivity index (χ1v) is 14.1. The Bertz CT molecular complexity index is 1460. The van der Waals surface area contributed by atoms with Crippen LogP contribution in [0.15, 0.2) is 65.0 Å². The number of Topliss-reactive ketones (excluding diaryl/α,β-unsaturated/α-hetero) is 1. The molecule has 0 radical (unpaired) electrons. The predicted molar refractivity (Wildman–Crippen MR) is 153 cm³/mol. The molecule has 1 atom stereocenters. The summed E-state index contributed by atoms with van der Waals surface area (Å²) in [5, 5.41) is 11.1. The molecule has 1 amide bonds. The van der Waals surface area contributed by atoms with Crippen LogP contribution in [0, 0.1) is 6.92 Å². The van der Waals surface area contributed by atoms with Crippen molar-refractivity contribution in [2.45, 2.75) is 46.1 Å². The predicted octanol–water partition coefficient (Wildman–Crippen LogP) is 6.14. The number of esters is 1. The number of thiazole rings is 1. The number of anilines is 1. The van der Waals surface area contributed by atoms with Crippen LogP contribution < -0.4 is 14.4 Å². The number of aliphatic hydroxyl groups is 1. The Morgan fingerprint density at radius 2 is 2.00 bits per heavy atom. The standard InChI is InChI=1S/C30H32N2O8S/c1-5-8-9-15-38-20-13-12-19(17-22(20)37-7-3)24-23(25(33)21-11-10-16-39-21)26(34)28(35)32(24)30-31-18(4)27(41-30)29(36)40-14-6-2/h6,10-13,16-17,24,34H,2,5,7-9,14-15H2,1,3-4H3. The van der Waals surface area contributed by atoms with E-state index in [1.165, 1.54) is 29.4 Å². The maximum absolute atomic E-state index is 13.6. The molecule has 1 aliphatic rings. The van der Waals surface area contributed by atoms with Crippen LogP contribution in [0.4, 0.5) is 5.13 Å². The number of hydrogen-bond acceptors (Lipinski definition) is 10. The molecule has 41 heavy (non-hydrogen) atoms. The third-order valence-corrected chi connectivity index (χ3v) is 7.43. The van der Waals surface area contributed by atoms with E-state index in [0.717, 1.165) is 30.6 Å². The van der Waals surface area contributed by atoms with Crippen LogP contribution >= 0.6 is 11.3 Å². The normalized spacial score (nSPS) is 14.9. The highest BCUT2D eigenvalue weighted by Crippen LogP contribution is 2.45. The fourth-order valence-electron chi connectivity index (χ4n) is 4.38. The van der Waals surface area contributed by atoms with E-state index in [9.17, 15) is 19.5 Å². The van der Waals surface area contributed by atoms with E-state index in [4.69, 9.17) is 18.6 Å². The molecule has 4 rings (SSSR count). The number of aliphatic hydroxyl groups excluding tert-OH is 1. The van der Waals surface area contributed by atoms with Crippen LogP contribution in [0.2, 0.25) is 0 Å². The number of furan rings is 1. The van der Waals surface area contributed by atoms with E-state index >= 15 is 0 Å². The highest BCUT2D eigenvalue weighted by Gasteiger charge is 2.47. The van der Waals surface area contributed by atoms with Crippen molar-refractivity contribution in [2.75, 3.05) is 24.7 Å². The summed E-state index contributed by atoms with van der Waals surface area (Å²) in [5.74, 6) is -1.97. The Hall–Kier alpha value is -4.38. The molecule has 3 heterocycles. The van der Waals surface area contributed by atoms with Crippen molar-refractivity contribution in [3.05, 3.63) is 82.5 Å². The van der Waals surface area contributed by atoms with Gasteiger partial charge in [0.05, 0.1) is 36.8 Å². The molecule has 11 heteroatoms. The lowest BCUT2D eigenvalue weighted by atomic mass is 9.95. The second-order valence-electron chi connectivity index (χ2n) is 9.14. The summed E-state index contributed by atoms with van der Waals surface area (Å²) in [6.45, 7) is 9.96.